The van der Waals surface area contributed by atoms with Gasteiger partial charge in [0.05, 0.1) is 17.4 Å². The van der Waals surface area contributed by atoms with Crippen LogP contribution in [0.3, 0.4) is 0 Å². The summed E-state index contributed by atoms with van der Waals surface area (Å²) in [5.41, 5.74) is 6.01. The van der Waals surface area contributed by atoms with Crippen LogP contribution in [0.25, 0.3) is 5.82 Å². The lowest BCUT2D eigenvalue weighted by Gasteiger charge is -2.22. The maximum absolute atomic E-state index is 12.2. The molecule has 0 unspecified atom stereocenters. The predicted octanol–water partition coefficient (Wildman–Crippen LogP) is 0.872. The number of nitrogens with two attached hydrogens (primary N) is 1. The molecule has 1 aliphatic carbocycles. The van der Waals surface area contributed by atoms with Gasteiger partial charge in [0.1, 0.15) is 12.7 Å². The molecule has 2 heterocycles. The first-order valence-corrected chi connectivity index (χ1v) is 6.59. The first-order chi connectivity index (χ1) is 9.67. The largest absolute Gasteiger partial charge is 0.323 e. The van der Waals surface area contributed by atoms with Crippen molar-refractivity contribution in [1.82, 2.24) is 19.7 Å². The fourth-order valence-electron chi connectivity index (χ4n) is 2.41. The van der Waals surface area contributed by atoms with Gasteiger partial charge in [0.25, 0.3) is 0 Å². The number of anilines is 1. The van der Waals surface area contributed by atoms with Crippen molar-refractivity contribution in [3.05, 3.63) is 31.0 Å². The Morgan fingerprint density at radius 3 is 2.75 bits per heavy atom. The highest BCUT2D eigenvalue weighted by atomic mass is 16.2. The number of hydrogen-bond donors (Lipinski definition) is 2. The van der Waals surface area contributed by atoms with Gasteiger partial charge < -0.3 is 11.1 Å². The lowest BCUT2D eigenvalue weighted by Crippen LogP contribution is -2.48. The second-order valence-corrected chi connectivity index (χ2v) is 5.06. The monoisotopic (exact) mass is 272 g/mol. The quantitative estimate of drug-likeness (QED) is 0.863. The Morgan fingerprint density at radius 2 is 2.15 bits per heavy atom. The van der Waals surface area contributed by atoms with Crippen LogP contribution in [-0.4, -0.2) is 31.2 Å². The molecule has 2 aromatic heterocycles. The van der Waals surface area contributed by atoms with Crippen LogP contribution in [0.5, 0.6) is 0 Å². The standard InChI is InChI=1S/C13H16N6O/c14-13(5-1-2-6-13)12(20)18-10-3-4-11(16-7-10)19-9-15-8-17-19/h3-4,7-9H,1-2,5-6,14H2,(H,18,20). The first kappa shape index (κ1) is 12.7. The zero-order chi connectivity index (χ0) is 14.0. The van der Waals surface area contributed by atoms with Crippen LogP contribution in [0.4, 0.5) is 5.69 Å². The van der Waals surface area contributed by atoms with Crippen molar-refractivity contribution in [2.75, 3.05) is 5.32 Å². The van der Waals surface area contributed by atoms with Crippen LogP contribution >= 0.6 is 0 Å². The van der Waals surface area contributed by atoms with Gasteiger partial charge in [0.2, 0.25) is 5.91 Å². The minimum Gasteiger partial charge on any atom is -0.323 e. The Morgan fingerprint density at radius 1 is 1.35 bits per heavy atom. The normalized spacial score (nSPS) is 17.1. The SMILES string of the molecule is NC1(C(=O)Nc2ccc(-n3cncn3)nc2)CCCC1. The van der Waals surface area contributed by atoms with Crippen molar-refractivity contribution in [2.45, 2.75) is 31.2 Å². The van der Waals surface area contributed by atoms with Crippen molar-refractivity contribution in [3.63, 3.8) is 0 Å². The van der Waals surface area contributed by atoms with Crippen molar-refractivity contribution < 1.29 is 4.79 Å². The lowest BCUT2D eigenvalue weighted by atomic mass is 9.98. The number of nitrogens with zero attached hydrogens (tertiary/aromatic N) is 4. The van der Waals surface area contributed by atoms with E-state index in [1.54, 1.807) is 29.3 Å². The van der Waals surface area contributed by atoms with Crippen molar-refractivity contribution >= 4 is 11.6 Å². The van der Waals surface area contributed by atoms with Crippen molar-refractivity contribution in [3.8, 4) is 5.82 Å². The summed E-state index contributed by atoms with van der Waals surface area (Å²) < 4.78 is 1.55. The molecule has 0 aromatic carbocycles. The molecule has 1 aliphatic rings. The molecule has 0 bridgehead atoms. The van der Waals surface area contributed by atoms with Gasteiger partial charge in [-0.1, -0.05) is 12.8 Å². The average Bonchev–Trinajstić information content (AvgIpc) is 3.11. The second kappa shape index (κ2) is 5.01. The molecule has 3 rings (SSSR count). The number of nitrogens with one attached hydrogen (secondary N) is 1. The molecule has 104 valence electrons. The zero-order valence-corrected chi connectivity index (χ0v) is 11.0. The Labute approximate surface area is 116 Å². The average molecular weight is 272 g/mol. The Bertz CT molecular complexity index is 586. The summed E-state index contributed by atoms with van der Waals surface area (Å²) in [4.78, 5) is 20.2. The molecule has 2 aromatic rings. The lowest BCUT2D eigenvalue weighted by molar-refractivity contribution is -0.121. The summed E-state index contributed by atoms with van der Waals surface area (Å²) in [5, 5.41) is 6.81. The van der Waals surface area contributed by atoms with E-state index in [-0.39, 0.29) is 5.91 Å². The molecule has 1 saturated carbocycles. The molecule has 1 fully saturated rings. The van der Waals surface area contributed by atoms with Gasteiger partial charge in [-0.05, 0) is 25.0 Å². The number of hydrogen-bond acceptors (Lipinski definition) is 5. The third kappa shape index (κ3) is 2.39. The Kier molecular flexibility index (Phi) is 3.19. The van der Waals surface area contributed by atoms with Crippen molar-refractivity contribution in [2.24, 2.45) is 5.73 Å². The van der Waals surface area contributed by atoms with E-state index in [0.717, 1.165) is 25.7 Å². The molecule has 0 saturated heterocycles. The first-order valence-electron chi connectivity index (χ1n) is 6.59. The fraction of sp³-hybridized carbons (Fsp3) is 0.385. The van der Waals surface area contributed by atoms with Crippen LogP contribution in [0, 0.1) is 0 Å². The predicted molar refractivity (Wildman–Crippen MR) is 73.2 cm³/mol. The van der Waals surface area contributed by atoms with Crippen LogP contribution in [0.15, 0.2) is 31.0 Å². The van der Waals surface area contributed by atoms with Crippen LogP contribution in [0.1, 0.15) is 25.7 Å². The van der Waals surface area contributed by atoms with E-state index in [0.29, 0.717) is 11.5 Å². The van der Waals surface area contributed by atoms with Gasteiger partial charge in [-0.3, -0.25) is 4.79 Å². The fourth-order valence-corrected chi connectivity index (χ4v) is 2.41. The van der Waals surface area contributed by atoms with E-state index in [4.69, 9.17) is 5.73 Å². The molecular formula is C13H16N6O. The molecule has 7 nitrogen and oxygen atoms in total. The maximum Gasteiger partial charge on any atom is 0.244 e. The van der Waals surface area contributed by atoms with Gasteiger partial charge in [0.15, 0.2) is 5.82 Å². The van der Waals surface area contributed by atoms with E-state index in [1.165, 1.54) is 6.33 Å². The van der Waals surface area contributed by atoms with Crippen molar-refractivity contribution in [1.29, 1.82) is 0 Å². The summed E-state index contributed by atoms with van der Waals surface area (Å²) >= 11 is 0. The highest BCUT2D eigenvalue weighted by Crippen LogP contribution is 2.28. The molecular weight excluding hydrogens is 256 g/mol. The third-order valence-corrected chi connectivity index (χ3v) is 3.61. The highest BCUT2D eigenvalue weighted by molar-refractivity contribution is 5.98. The van der Waals surface area contributed by atoms with Gasteiger partial charge in [0, 0.05) is 0 Å². The van der Waals surface area contributed by atoms with Crippen LogP contribution < -0.4 is 11.1 Å². The molecule has 1 amide bonds. The van der Waals surface area contributed by atoms with E-state index >= 15 is 0 Å². The summed E-state index contributed by atoms with van der Waals surface area (Å²) in [6.07, 6.45) is 8.09. The molecule has 0 atom stereocenters. The summed E-state index contributed by atoms with van der Waals surface area (Å²) in [7, 11) is 0. The molecule has 20 heavy (non-hydrogen) atoms. The number of aromatic nitrogens is 4. The summed E-state index contributed by atoms with van der Waals surface area (Å²) in [6.45, 7) is 0. The maximum atomic E-state index is 12.2. The third-order valence-electron chi connectivity index (χ3n) is 3.61. The molecule has 7 heteroatoms. The van der Waals surface area contributed by atoms with Gasteiger partial charge in [-0.15, -0.1) is 0 Å². The smallest absolute Gasteiger partial charge is 0.244 e. The number of amides is 1. The van der Waals surface area contributed by atoms with E-state index in [2.05, 4.69) is 20.4 Å². The highest BCUT2D eigenvalue weighted by Gasteiger charge is 2.36. The molecule has 3 N–H and O–H groups in total. The van der Waals surface area contributed by atoms with Gasteiger partial charge >= 0.3 is 0 Å². The van der Waals surface area contributed by atoms with Gasteiger partial charge in [-0.25, -0.2) is 14.6 Å². The summed E-state index contributed by atoms with van der Waals surface area (Å²) in [5.74, 6) is 0.508. The second-order valence-electron chi connectivity index (χ2n) is 5.06. The number of pyridine rings is 1. The molecule has 0 aliphatic heterocycles. The van der Waals surface area contributed by atoms with E-state index < -0.39 is 5.54 Å². The van der Waals surface area contributed by atoms with E-state index in [1.807, 2.05) is 0 Å². The zero-order valence-electron chi connectivity index (χ0n) is 11.0. The minimum atomic E-state index is -0.732. The molecule has 0 spiro atoms. The number of carbonyl (C=O) groups is 1. The minimum absolute atomic E-state index is 0.134. The van der Waals surface area contributed by atoms with Crippen LogP contribution in [0.2, 0.25) is 0 Å². The number of rotatable bonds is 3. The topological polar surface area (TPSA) is 98.7 Å². The summed E-state index contributed by atoms with van der Waals surface area (Å²) in [6, 6.07) is 3.54. The van der Waals surface area contributed by atoms with Crippen LogP contribution in [-0.2, 0) is 4.79 Å². The number of carbonyl (C=O) groups excluding carboxylic acids is 1. The Hall–Kier alpha value is -2.28. The Balaban J connectivity index is 1.71. The van der Waals surface area contributed by atoms with E-state index in [9.17, 15) is 4.79 Å². The molecule has 0 radical (unpaired) electrons. The van der Waals surface area contributed by atoms with Gasteiger partial charge in [-0.2, -0.15) is 5.10 Å².